The molecule has 0 spiro atoms. The van der Waals surface area contributed by atoms with Gasteiger partial charge in [0.05, 0.1) is 0 Å². The molecule has 0 fully saturated rings. The average Bonchev–Trinajstić information content (AvgIpc) is 2.53. The highest BCUT2D eigenvalue weighted by Crippen LogP contribution is 2.28. The predicted octanol–water partition coefficient (Wildman–Crippen LogP) is 1.96. The first-order valence-corrected chi connectivity index (χ1v) is 8.73. The molecule has 6 nitrogen and oxygen atoms in total. The van der Waals surface area contributed by atoms with E-state index in [0.29, 0.717) is 16.4 Å². The highest BCUT2D eigenvalue weighted by molar-refractivity contribution is 7.89. The Morgan fingerprint density at radius 1 is 1.26 bits per heavy atom. The van der Waals surface area contributed by atoms with Gasteiger partial charge >= 0.3 is 0 Å². The Hall–Kier alpha value is -1.67. The van der Waals surface area contributed by atoms with E-state index in [1.165, 1.54) is 25.4 Å². The number of sulfonamides is 1. The third-order valence-corrected chi connectivity index (χ3v) is 5.11. The normalized spacial score (nSPS) is 14.3. The van der Waals surface area contributed by atoms with Crippen LogP contribution in [0.5, 0.6) is 0 Å². The highest BCUT2D eigenvalue weighted by atomic mass is 35.5. The number of rotatable bonds is 6. The van der Waals surface area contributed by atoms with E-state index in [4.69, 9.17) is 11.6 Å². The van der Waals surface area contributed by atoms with E-state index < -0.39 is 15.6 Å². The number of pyridine rings is 1. The summed E-state index contributed by atoms with van der Waals surface area (Å²) in [5.41, 5.74) is -0.598. The molecule has 1 atom stereocenters. The van der Waals surface area contributed by atoms with Gasteiger partial charge in [-0.25, -0.2) is 18.1 Å². The smallest absolute Gasteiger partial charge is 0.241 e. The fourth-order valence-electron chi connectivity index (χ4n) is 2.02. The van der Waals surface area contributed by atoms with Crippen molar-refractivity contribution in [3.05, 3.63) is 53.2 Å². The van der Waals surface area contributed by atoms with E-state index in [1.54, 1.807) is 31.2 Å². The van der Waals surface area contributed by atoms with Crippen LogP contribution in [0.4, 0.5) is 5.82 Å². The van der Waals surface area contributed by atoms with Crippen molar-refractivity contribution < 1.29 is 13.5 Å². The first-order chi connectivity index (χ1) is 10.8. The van der Waals surface area contributed by atoms with Crippen molar-refractivity contribution in [1.29, 1.82) is 0 Å². The predicted molar refractivity (Wildman–Crippen MR) is 90.0 cm³/mol. The molecule has 124 valence electrons. The summed E-state index contributed by atoms with van der Waals surface area (Å²) in [7, 11) is -2.18. The van der Waals surface area contributed by atoms with Crippen LogP contribution >= 0.6 is 11.6 Å². The van der Waals surface area contributed by atoms with E-state index in [0.717, 1.165) is 0 Å². The molecule has 2 rings (SSSR count). The van der Waals surface area contributed by atoms with Crippen molar-refractivity contribution >= 4 is 27.4 Å². The number of nitrogens with zero attached hydrogens (tertiary/aromatic N) is 1. The standard InChI is InChI=1S/C15H18ClN3O3S/c1-15(20,12-5-3-4-6-13(12)16)10-19-14-8-7-11(9-18-14)23(21,22)17-2/h3-9,17,20H,10H2,1-2H3,(H,18,19). The molecule has 0 aliphatic carbocycles. The van der Waals surface area contributed by atoms with Crippen LogP contribution in [0.3, 0.4) is 0 Å². The van der Waals surface area contributed by atoms with Crippen molar-refractivity contribution in [2.75, 3.05) is 18.9 Å². The largest absolute Gasteiger partial charge is 0.384 e. The molecule has 1 heterocycles. The molecule has 0 aliphatic rings. The quantitative estimate of drug-likeness (QED) is 0.736. The Labute approximate surface area is 140 Å². The van der Waals surface area contributed by atoms with Gasteiger partial charge in [0.1, 0.15) is 16.3 Å². The van der Waals surface area contributed by atoms with E-state index in [2.05, 4.69) is 15.0 Å². The summed E-state index contributed by atoms with van der Waals surface area (Å²) in [6, 6.07) is 10.0. The fraction of sp³-hybridized carbons (Fsp3) is 0.267. The molecule has 1 aromatic heterocycles. The lowest BCUT2D eigenvalue weighted by molar-refractivity contribution is 0.0715. The Kier molecular flexibility index (Phi) is 5.26. The molecule has 0 amide bonds. The van der Waals surface area contributed by atoms with Gasteiger partial charge in [0, 0.05) is 23.3 Å². The van der Waals surface area contributed by atoms with Crippen molar-refractivity contribution in [1.82, 2.24) is 9.71 Å². The van der Waals surface area contributed by atoms with Crippen LogP contribution in [-0.4, -0.2) is 32.1 Å². The zero-order valence-electron chi connectivity index (χ0n) is 12.7. The van der Waals surface area contributed by atoms with Gasteiger partial charge in [-0.3, -0.25) is 0 Å². The Morgan fingerprint density at radius 3 is 2.52 bits per heavy atom. The molecule has 1 unspecified atom stereocenters. The molecule has 23 heavy (non-hydrogen) atoms. The van der Waals surface area contributed by atoms with E-state index >= 15 is 0 Å². The molecule has 8 heteroatoms. The van der Waals surface area contributed by atoms with E-state index in [1.807, 2.05) is 0 Å². The Morgan fingerprint density at radius 2 is 1.96 bits per heavy atom. The summed E-state index contributed by atoms with van der Waals surface area (Å²) >= 11 is 6.10. The van der Waals surface area contributed by atoms with Gasteiger partial charge in [0.15, 0.2) is 0 Å². The first kappa shape index (κ1) is 17.7. The topological polar surface area (TPSA) is 91.3 Å². The summed E-state index contributed by atoms with van der Waals surface area (Å²) in [5.74, 6) is 0.451. The zero-order valence-corrected chi connectivity index (χ0v) is 14.3. The number of nitrogens with one attached hydrogen (secondary N) is 2. The molecule has 0 saturated carbocycles. The molecular weight excluding hydrogens is 338 g/mol. The van der Waals surface area contributed by atoms with Crippen LogP contribution in [0.15, 0.2) is 47.5 Å². The molecule has 0 aliphatic heterocycles. The lowest BCUT2D eigenvalue weighted by Gasteiger charge is -2.25. The number of halogens is 1. The maximum atomic E-state index is 11.6. The molecule has 0 bridgehead atoms. The summed E-state index contributed by atoms with van der Waals surface area (Å²) in [6.45, 7) is 1.81. The summed E-state index contributed by atoms with van der Waals surface area (Å²) in [4.78, 5) is 4.11. The van der Waals surface area contributed by atoms with Gasteiger partial charge in [-0.1, -0.05) is 29.8 Å². The third kappa shape index (κ3) is 4.20. The third-order valence-electron chi connectivity index (χ3n) is 3.38. The maximum absolute atomic E-state index is 11.6. The number of aromatic nitrogens is 1. The van der Waals surface area contributed by atoms with Crippen LogP contribution in [-0.2, 0) is 15.6 Å². The molecule has 3 N–H and O–H groups in total. The lowest BCUT2D eigenvalue weighted by atomic mass is 9.96. The van der Waals surface area contributed by atoms with Gasteiger partial charge in [-0.2, -0.15) is 0 Å². The van der Waals surface area contributed by atoms with Crippen LogP contribution in [0.1, 0.15) is 12.5 Å². The second-order valence-corrected chi connectivity index (χ2v) is 7.49. The molecule has 0 radical (unpaired) electrons. The van der Waals surface area contributed by atoms with Gasteiger partial charge in [-0.05, 0) is 32.2 Å². The second kappa shape index (κ2) is 6.84. The van der Waals surface area contributed by atoms with Gasteiger partial charge in [0.25, 0.3) is 0 Å². The average molecular weight is 356 g/mol. The van der Waals surface area contributed by atoms with Crippen molar-refractivity contribution in [3.63, 3.8) is 0 Å². The van der Waals surface area contributed by atoms with Crippen molar-refractivity contribution in [3.8, 4) is 0 Å². The van der Waals surface area contributed by atoms with Gasteiger partial charge in [-0.15, -0.1) is 0 Å². The fourth-order valence-corrected chi connectivity index (χ4v) is 3.03. The summed E-state index contributed by atoms with van der Waals surface area (Å²) in [5, 5.41) is 14.0. The van der Waals surface area contributed by atoms with Crippen LogP contribution < -0.4 is 10.0 Å². The van der Waals surface area contributed by atoms with Gasteiger partial charge < -0.3 is 10.4 Å². The first-order valence-electron chi connectivity index (χ1n) is 6.87. The number of benzene rings is 1. The molecule has 1 aromatic carbocycles. The van der Waals surface area contributed by atoms with Crippen molar-refractivity contribution in [2.45, 2.75) is 17.4 Å². The lowest BCUT2D eigenvalue weighted by Crippen LogP contribution is -2.31. The zero-order chi connectivity index (χ0) is 17.1. The number of anilines is 1. The van der Waals surface area contributed by atoms with Crippen molar-refractivity contribution in [2.24, 2.45) is 0 Å². The van der Waals surface area contributed by atoms with Gasteiger partial charge in [0.2, 0.25) is 10.0 Å². The summed E-state index contributed by atoms with van der Waals surface area (Å²) in [6.07, 6.45) is 1.25. The second-order valence-electron chi connectivity index (χ2n) is 5.19. The Bertz CT molecular complexity index is 777. The Balaban J connectivity index is 2.10. The molecule has 0 saturated heterocycles. The molecule has 2 aromatic rings. The number of aliphatic hydroxyl groups is 1. The summed E-state index contributed by atoms with van der Waals surface area (Å²) < 4.78 is 25.5. The van der Waals surface area contributed by atoms with Crippen LogP contribution in [0.2, 0.25) is 5.02 Å². The van der Waals surface area contributed by atoms with Crippen LogP contribution in [0.25, 0.3) is 0 Å². The minimum atomic E-state index is -3.51. The number of hydrogen-bond acceptors (Lipinski definition) is 5. The monoisotopic (exact) mass is 355 g/mol. The SMILES string of the molecule is CNS(=O)(=O)c1ccc(NCC(C)(O)c2ccccc2Cl)nc1. The minimum Gasteiger partial charge on any atom is -0.384 e. The molecular formula is C15H18ClN3O3S. The maximum Gasteiger partial charge on any atom is 0.241 e. The van der Waals surface area contributed by atoms with Crippen LogP contribution in [0, 0.1) is 0 Å². The van der Waals surface area contributed by atoms with E-state index in [9.17, 15) is 13.5 Å². The minimum absolute atomic E-state index is 0.0726. The highest BCUT2D eigenvalue weighted by Gasteiger charge is 2.25. The number of hydrogen-bond donors (Lipinski definition) is 3. The van der Waals surface area contributed by atoms with E-state index in [-0.39, 0.29) is 11.4 Å².